The monoisotopic (exact) mass is 317 g/mol. The number of nitro benzene ring substituents is 1. The number of non-ortho nitro benzene ring substituents is 1. The standard InChI is InChI=1S/C13H17F2N3O4/c1-2-3-4-7-16-13(19)17-10-8-9(18(20)21)5-6-11(10)22-12(14)15/h5-6,8,12H,2-4,7H2,1H3,(H2,16,17,19). The fraction of sp³-hybridized carbons (Fsp3) is 0.462. The maximum Gasteiger partial charge on any atom is 0.387 e. The summed E-state index contributed by atoms with van der Waals surface area (Å²) in [6.45, 7) is -0.675. The Morgan fingerprint density at radius 3 is 2.73 bits per heavy atom. The van der Waals surface area contributed by atoms with E-state index in [1.807, 2.05) is 6.92 Å². The van der Waals surface area contributed by atoms with Crippen molar-refractivity contribution in [3.05, 3.63) is 28.3 Å². The second-order valence-corrected chi connectivity index (χ2v) is 4.40. The summed E-state index contributed by atoms with van der Waals surface area (Å²) in [4.78, 5) is 21.7. The lowest BCUT2D eigenvalue weighted by atomic mass is 10.2. The molecular formula is C13H17F2N3O4. The summed E-state index contributed by atoms with van der Waals surface area (Å²) in [5.74, 6) is -0.343. The molecule has 0 spiro atoms. The third-order valence-electron chi connectivity index (χ3n) is 2.70. The first-order valence-electron chi connectivity index (χ1n) is 6.72. The molecule has 0 atom stereocenters. The highest BCUT2D eigenvalue weighted by atomic mass is 19.3. The Bertz CT molecular complexity index is 526. The van der Waals surface area contributed by atoms with Gasteiger partial charge in [0.25, 0.3) is 5.69 Å². The van der Waals surface area contributed by atoms with E-state index in [4.69, 9.17) is 0 Å². The molecule has 0 saturated carbocycles. The van der Waals surface area contributed by atoms with Crippen LogP contribution in [0.1, 0.15) is 26.2 Å². The van der Waals surface area contributed by atoms with Crippen LogP contribution in [0, 0.1) is 10.1 Å². The third kappa shape index (κ3) is 5.90. The minimum Gasteiger partial charge on any atom is -0.433 e. The predicted octanol–water partition coefficient (Wildman–Crippen LogP) is 3.51. The van der Waals surface area contributed by atoms with Gasteiger partial charge in [-0.3, -0.25) is 10.1 Å². The Labute approximate surface area is 125 Å². The molecule has 0 aliphatic heterocycles. The van der Waals surface area contributed by atoms with Crippen molar-refractivity contribution in [1.29, 1.82) is 0 Å². The summed E-state index contributed by atoms with van der Waals surface area (Å²) in [6.07, 6.45) is 2.70. The van der Waals surface area contributed by atoms with Gasteiger partial charge in [-0.05, 0) is 12.5 Å². The normalized spacial score (nSPS) is 10.4. The second-order valence-electron chi connectivity index (χ2n) is 4.40. The molecule has 1 aromatic carbocycles. The lowest BCUT2D eigenvalue weighted by Gasteiger charge is -2.12. The summed E-state index contributed by atoms with van der Waals surface area (Å²) in [6, 6.07) is 2.35. The van der Waals surface area contributed by atoms with Crippen molar-refractivity contribution >= 4 is 17.4 Å². The number of halogens is 2. The number of nitro groups is 1. The van der Waals surface area contributed by atoms with Crippen LogP contribution in [0.3, 0.4) is 0 Å². The third-order valence-corrected chi connectivity index (χ3v) is 2.70. The molecule has 2 N–H and O–H groups in total. The number of hydrogen-bond acceptors (Lipinski definition) is 4. The van der Waals surface area contributed by atoms with Crippen molar-refractivity contribution in [2.45, 2.75) is 32.8 Å². The molecule has 0 bridgehead atoms. The van der Waals surface area contributed by atoms with E-state index < -0.39 is 17.6 Å². The maximum atomic E-state index is 12.3. The van der Waals surface area contributed by atoms with Crippen LogP contribution in [0.4, 0.5) is 25.0 Å². The highest BCUT2D eigenvalue weighted by Gasteiger charge is 2.16. The zero-order chi connectivity index (χ0) is 16.5. The lowest BCUT2D eigenvalue weighted by molar-refractivity contribution is -0.384. The molecule has 1 aromatic rings. The zero-order valence-electron chi connectivity index (χ0n) is 12.0. The highest BCUT2D eigenvalue weighted by Crippen LogP contribution is 2.30. The molecule has 0 aliphatic carbocycles. The van der Waals surface area contributed by atoms with Gasteiger partial charge >= 0.3 is 12.6 Å². The molecule has 22 heavy (non-hydrogen) atoms. The van der Waals surface area contributed by atoms with E-state index in [0.29, 0.717) is 6.54 Å². The smallest absolute Gasteiger partial charge is 0.387 e. The van der Waals surface area contributed by atoms with Gasteiger partial charge in [-0.2, -0.15) is 8.78 Å². The second kappa shape index (κ2) is 8.75. The lowest BCUT2D eigenvalue weighted by Crippen LogP contribution is -2.29. The molecule has 0 radical (unpaired) electrons. The molecule has 0 saturated heterocycles. The van der Waals surface area contributed by atoms with E-state index in [2.05, 4.69) is 15.4 Å². The Morgan fingerprint density at radius 1 is 1.41 bits per heavy atom. The number of ether oxygens (including phenoxy) is 1. The SMILES string of the molecule is CCCCCNC(=O)Nc1cc([N+](=O)[O-])ccc1OC(F)F. The molecule has 0 heterocycles. The van der Waals surface area contributed by atoms with Crippen molar-refractivity contribution in [1.82, 2.24) is 5.32 Å². The highest BCUT2D eigenvalue weighted by molar-refractivity contribution is 5.91. The molecule has 0 aromatic heterocycles. The van der Waals surface area contributed by atoms with E-state index in [9.17, 15) is 23.7 Å². The Morgan fingerprint density at radius 2 is 2.14 bits per heavy atom. The molecule has 7 nitrogen and oxygen atoms in total. The number of amides is 2. The number of rotatable bonds is 8. The van der Waals surface area contributed by atoms with Gasteiger partial charge in [-0.1, -0.05) is 19.8 Å². The number of anilines is 1. The van der Waals surface area contributed by atoms with Crippen molar-refractivity contribution in [3.8, 4) is 5.75 Å². The molecule has 0 fully saturated rings. The number of carbonyl (C=O) groups excluding carboxylic acids is 1. The van der Waals surface area contributed by atoms with E-state index in [-0.39, 0.29) is 17.1 Å². The van der Waals surface area contributed by atoms with Gasteiger partial charge in [-0.25, -0.2) is 4.79 Å². The van der Waals surface area contributed by atoms with Crippen LogP contribution in [0.2, 0.25) is 0 Å². The van der Waals surface area contributed by atoms with Crippen molar-refractivity contribution < 1.29 is 23.2 Å². The van der Waals surface area contributed by atoms with E-state index in [1.165, 1.54) is 0 Å². The molecule has 9 heteroatoms. The minimum atomic E-state index is -3.10. The van der Waals surface area contributed by atoms with Gasteiger partial charge in [0.15, 0.2) is 0 Å². The predicted molar refractivity (Wildman–Crippen MR) is 76.3 cm³/mol. The maximum absolute atomic E-state index is 12.3. The average molecular weight is 317 g/mol. The molecule has 0 unspecified atom stereocenters. The first kappa shape index (κ1) is 17.6. The Hall–Kier alpha value is -2.45. The largest absolute Gasteiger partial charge is 0.433 e. The van der Waals surface area contributed by atoms with Crippen molar-refractivity contribution in [2.75, 3.05) is 11.9 Å². The van der Waals surface area contributed by atoms with Crippen LogP contribution in [0.5, 0.6) is 5.75 Å². The van der Waals surface area contributed by atoms with Gasteiger partial charge in [0.2, 0.25) is 0 Å². The first-order valence-corrected chi connectivity index (χ1v) is 6.72. The number of carbonyl (C=O) groups is 1. The summed E-state index contributed by atoms with van der Waals surface area (Å²) >= 11 is 0. The average Bonchev–Trinajstić information content (AvgIpc) is 2.44. The topological polar surface area (TPSA) is 93.5 Å². The van der Waals surface area contributed by atoms with Crippen molar-refractivity contribution in [2.24, 2.45) is 0 Å². The first-order chi connectivity index (χ1) is 10.4. The molecular weight excluding hydrogens is 300 g/mol. The van der Waals surface area contributed by atoms with Crippen LogP contribution >= 0.6 is 0 Å². The Balaban J connectivity index is 2.78. The van der Waals surface area contributed by atoms with Gasteiger partial charge in [-0.15, -0.1) is 0 Å². The molecule has 1 rings (SSSR count). The molecule has 0 aliphatic rings. The number of nitrogens with zero attached hydrogens (tertiary/aromatic N) is 1. The quantitative estimate of drug-likeness (QED) is 0.436. The van der Waals surface area contributed by atoms with Crippen LogP contribution < -0.4 is 15.4 Å². The molecule has 122 valence electrons. The van der Waals surface area contributed by atoms with E-state index >= 15 is 0 Å². The van der Waals surface area contributed by atoms with Crippen LogP contribution in [-0.4, -0.2) is 24.1 Å². The van der Waals surface area contributed by atoms with Gasteiger partial charge < -0.3 is 15.4 Å². The van der Waals surface area contributed by atoms with E-state index in [1.54, 1.807) is 0 Å². The summed E-state index contributed by atoms with van der Waals surface area (Å²) in [5, 5.41) is 15.5. The van der Waals surface area contributed by atoms with Crippen molar-refractivity contribution in [3.63, 3.8) is 0 Å². The summed E-state index contributed by atoms with van der Waals surface area (Å²) < 4.78 is 28.8. The number of nitrogens with one attached hydrogen (secondary N) is 2. The molecule has 2 amide bonds. The number of alkyl halides is 2. The number of benzene rings is 1. The van der Waals surface area contributed by atoms with Crippen LogP contribution in [0.15, 0.2) is 18.2 Å². The van der Waals surface area contributed by atoms with Gasteiger partial charge in [0.05, 0.1) is 10.6 Å². The van der Waals surface area contributed by atoms with Crippen LogP contribution in [0.25, 0.3) is 0 Å². The summed E-state index contributed by atoms with van der Waals surface area (Å²) in [5.41, 5.74) is -0.537. The van der Waals surface area contributed by atoms with Gasteiger partial charge in [0, 0.05) is 18.7 Å². The Kier molecular flexibility index (Phi) is 7.00. The fourth-order valence-electron chi connectivity index (χ4n) is 1.67. The number of unbranched alkanes of at least 4 members (excludes halogenated alkanes) is 2. The number of urea groups is 1. The fourth-order valence-corrected chi connectivity index (χ4v) is 1.67. The van der Waals surface area contributed by atoms with Gasteiger partial charge in [0.1, 0.15) is 5.75 Å². The minimum absolute atomic E-state index is 0.192. The summed E-state index contributed by atoms with van der Waals surface area (Å²) in [7, 11) is 0. The zero-order valence-corrected chi connectivity index (χ0v) is 12.0. The number of hydrogen-bond donors (Lipinski definition) is 2. The van der Waals surface area contributed by atoms with Crippen LogP contribution in [-0.2, 0) is 0 Å². The van der Waals surface area contributed by atoms with E-state index in [0.717, 1.165) is 37.5 Å².